The summed E-state index contributed by atoms with van der Waals surface area (Å²) in [6, 6.07) is 30.0. The van der Waals surface area contributed by atoms with Gasteiger partial charge in [-0.3, -0.25) is 14.6 Å². The van der Waals surface area contributed by atoms with Gasteiger partial charge in [-0.2, -0.15) is 0 Å². The second-order valence-electron chi connectivity index (χ2n) is 11.3. The Bertz CT molecular complexity index is 1760. The molecule has 0 unspecified atom stereocenters. The van der Waals surface area contributed by atoms with Crippen molar-refractivity contribution in [2.75, 3.05) is 29.6 Å². The predicted octanol–water partition coefficient (Wildman–Crippen LogP) is 9.02. The van der Waals surface area contributed by atoms with E-state index in [-0.39, 0.29) is 11.7 Å². The van der Waals surface area contributed by atoms with Crippen LogP contribution in [0, 0.1) is 12.7 Å². The zero-order valence-electron chi connectivity index (χ0n) is 25.5. The molecule has 1 N–H and O–H groups in total. The maximum absolute atomic E-state index is 13.7. The smallest absolute Gasteiger partial charge is 0.255 e. The van der Waals surface area contributed by atoms with Crippen LogP contribution in [-0.2, 0) is 6.54 Å². The highest BCUT2D eigenvalue weighted by Crippen LogP contribution is 2.36. The van der Waals surface area contributed by atoms with E-state index in [0.717, 1.165) is 58.4 Å². The quantitative estimate of drug-likeness (QED) is 0.167. The standard InChI is InChI=1S/C37H36FN5OS/c1-26-11-12-27(25-42-21-7-4-8-22-42)23-33(26)40-36(44)29-15-19-32(20-16-29)43(31-9-5-3-6-10-31)37-39-24-34(45-2)35(41-37)28-13-17-30(38)18-14-28/h3,5-6,9-20,23-24H,4,7-8,21-22,25H2,1-2H3,(H,40,44). The van der Waals surface area contributed by atoms with Crippen molar-refractivity contribution in [2.24, 2.45) is 0 Å². The van der Waals surface area contributed by atoms with Gasteiger partial charge < -0.3 is 5.32 Å². The summed E-state index contributed by atoms with van der Waals surface area (Å²) in [6.07, 6.45) is 7.57. The minimum Gasteiger partial charge on any atom is -0.322 e. The molecular formula is C37H36FN5OS. The molecule has 1 amide bonds. The normalized spacial score (nSPS) is 13.4. The number of aryl methyl sites for hydroxylation is 1. The molecule has 0 bridgehead atoms. The van der Waals surface area contributed by atoms with Crippen LogP contribution < -0.4 is 10.2 Å². The first kappa shape index (κ1) is 30.5. The van der Waals surface area contributed by atoms with Gasteiger partial charge in [-0.05, 0) is 117 Å². The number of thioether (sulfide) groups is 1. The molecule has 228 valence electrons. The number of hydrogen-bond acceptors (Lipinski definition) is 6. The number of para-hydroxylation sites is 1. The topological polar surface area (TPSA) is 61.4 Å². The number of amides is 1. The number of halogens is 1. The molecule has 0 atom stereocenters. The van der Waals surface area contributed by atoms with Crippen molar-refractivity contribution in [1.82, 2.24) is 14.9 Å². The second kappa shape index (κ2) is 14.1. The number of piperidine rings is 1. The number of carbonyl (C=O) groups excluding carboxylic acids is 1. The number of benzene rings is 4. The van der Waals surface area contributed by atoms with Gasteiger partial charge in [0.1, 0.15) is 5.82 Å². The van der Waals surface area contributed by atoms with Crippen LogP contribution in [0.25, 0.3) is 11.3 Å². The molecule has 1 aromatic heterocycles. The summed E-state index contributed by atoms with van der Waals surface area (Å²) >= 11 is 1.54. The first-order chi connectivity index (χ1) is 22.0. The summed E-state index contributed by atoms with van der Waals surface area (Å²) in [5.41, 5.74) is 6.83. The van der Waals surface area contributed by atoms with Gasteiger partial charge in [0, 0.05) is 40.9 Å². The molecule has 6 rings (SSSR count). The molecular weight excluding hydrogens is 582 g/mol. The Morgan fingerprint density at radius 1 is 0.911 bits per heavy atom. The van der Waals surface area contributed by atoms with Crippen molar-refractivity contribution >= 4 is 40.7 Å². The molecule has 2 heterocycles. The number of carbonyl (C=O) groups is 1. The van der Waals surface area contributed by atoms with Crippen LogP contribution in [-0.4, -0.2) is 40.1 Å². The molecule has 0 saturated carbocycles. The highest BCUT2D eigenvalue weighted by Gasteiger charge is 2.19. The Kier molecular flexibility index (Phi) is 9.52. The lowest BCUT2D eigenvalue weighted by Gasteiger charge is -2.26. The number of rotatable bonds is 9. The third-order valence-corrected chi connectivity index (χ3v) is 8.83. The number of likely N-dealkylation sites (tertiary alicyclic amines) is 1. The number of nitrogens with one attached hydrogen (secondary N) is 1. The van der Waals surface area contributed by atoms with Crippen molar-refractivity contribution in [3.05, 3.63) is 126 Å². The summed E-state index contributed by atoms with van der Waals surface area (Å²) in [4.78, 5) is 28.4. The van der Waals surface area contributed by atoms with Gasteiger partial charge >= 0.3 is 0 Å². The molecule has 1 fully saturated rings. The maximum atomic E-state index is 13.7. The first-order valence-electron chi connectivity index (χ1n) is 15.2. The third kappa shape index (κ3) is 7.24. The molecule has 1 aliphatic rings. The molecule has 0 aliphatic carbocycles. The zero-order valence-corrected chi connectivity index (χ0v) is 26.4. The van der Waals surface area contributed by atoms with Crippen molar-refractivity contribution in [1.29, 1.82) is 0 Å². The second-order valence-corrected chi connectivity index (χ2v) is 12.1. The van der Waals surface area contributed by atoms with Crippen molar-refractivity contribution in [2.45, 2.75) is 37.6 Å². The minimum absolute atomic E-state index is 0.162. The fraction of sp³-hybridized carbons (Fsp3) is 0.216. The summed E-state index contributed by atoms with van der Waals surface area (Å²) in [7, 11) is 0. The van der Waals surface area contributed by atoms with Crippen molar-refractivity contribution in [3.8, 4) is 11.3 Å². The van der Waals surface area contributed by atoms with Crippen LogP contribution in [0.15, 0.2) is 108 Å². The average molecular weight is 618 g/mol. The van der Waals surface area contributed by atoms with E-state index in [2.05, 4.69) is 28.4 Å². The largest absolute Gasteiger partial charge is 0.322 e. The van der Waals surface area contributed by atoms with Gasteiger partial charge in [-0.1, -0.05) is 36.8 Å². The predicted molar refractivity (Wildman–Crippen MR) is 182 cm³/mol. The van der Waals surface area contributed by atoms with E-state index < -0.39 is 0 Å². The van der Waals surface area contributed by atoms with Crippen LogP contribution in [0.4, 0.5) is 27.4 Å². The molecule has 8 heteroatoms. The molecule has 45 heavy (non-hydrogen) atoms. The van der Waals surface area contributed by atoms with E-state index in [4.69, 9.17) is 9.97 Å². The monoisotopic (exact) mass is 617 g/mol. The van der Waals surface area contributed by atoms with Crippen LogP contribution >= 0.6 is 11.8 Å². The molecule has 0 radical (unpaired) electrons. The average Bonchev–Trinajstić information content (AvgIpc) is 3.08. The van der Waals surface area contributed by atoms with Gasteiger partial charge in [0.2, 0.25) is 5.95 Å². The van der Waals surface area contributed by atoms with Gasteiger partial charge in [0.05, 0.1) is 10.6 Å². The van der Waals surface area contributed by atoms with Gasteiger partial charge in [-0.25, -0.2) is 14.4 Å². The van der Waals surface area contributed by atoms with E-state index in [1.807, 2.05) is 72.7 Å². The van der Waals surface area contributed by atoms with Crippen LogP contribution in [0.5, 0.6) is 0 Å². The zero-order chi connectivity index (χ0) is 31.2. The molecule has 4 aromatic carbocycles. The summed E-state index contributed by atoms with van der Waals surface area (Å²) in [5.74, 6) is 0.0101. The number of hydrogen-bond donors (Lipinski definition) is 1. The third-order valence-electron chi connectivity index (χ3n) is 8.09. The fourth-order valence-electron chi connectivity index (χ4n) is 5.62. The van der Waals surface area contributed by atoms with E-state index in [1.54, 1.807) is 18.3 Å². The maximum Gasteiger partial charge on any atom is 0.255 e. The Hall–Kier alpha value is -4.53. The van der Waals surface area contributed by atoms with Crippen molar-refractivity contribution in [3.63, 3.8) is 0 Å². The minimum atomic E-state index is -0.297. The lowest BCUT2D eigenvalue weighted by Crippen LogP contribution is -2.29. The van der Waals surface area contributed by atoms with Crippen LogP contribution in [0.1, 0.15) is 40.7 Å². The molecule has 5 aromatic rings. The molecule has 0 spiro atoms. The van der Waals surface area contributed by atoms with Crippen molar-refractivity contribution < 1.29 is 9.18 Å². The number of nitrogens with zero attached hydrogens (tertiary/aromatic N) is 4. The molecule has 1 aliphatic heterocycles. The van der Waals surface area contributed by atoms with E-state index >= 15 is 0 Å². The molecule has 6 nitrogen and oxygen atoms in total. The Labute approximate surface area is 268 Å². The van der Waals surface area contributed by atoms with Gasteiger partial charge in [0.25, 0.3) is 5.91 Å². The summed E-state index contributed by atoms with van der Waals surface area (Å²) < 4.78 is 13.7. The fourth-order valence-corrected chi connectivity index (χ4v) is 6.14. The van der Waals surface area contributed by atoms with Gasteiger partial charge in [-0.15, -0.1) is 11.8 Å². The van der Waals surface area contributed by atoms with Crippen LogP contribution in [0.2, 0.25) is 0 Å². The summed E-state index contributed by atoms with van der Waals surface area (Å²) in [5, 5.41) is 3.13. The van der Waals surface area contributed by atoms with E-state index in [1.165, 1.54) is 48.7 Å². The van der Waals surface area contributed by atoms with E-state index in [9.17, 15) is 9.18 Å². The number of aromatic nitrogens is 2. The highest BCUT2D eigenvalue weighted by atomic mass is 32.2. The van der Waals surface area contributed by atoms with E-state index in [0.29, 0.717) is 11.5 Å². The Balaban J connectivity index is 1.27. The van der Waals surface area contributed by atoms with Gasteiger partial charge in [0.15, 0.2) is 0 Å². The Morgan fingerprint density at radius 2 is 1.62 bits per heavy atom. The number of anilines is 4. The lowest BCUT2D eigenvalue weighted by molar-refractivity contribution is 0.102. The highest BCUT2D eigenvalue weighted by molar-refractivity contribution is 7.98. The van der Waals surface area contributed by atoms with Crippen LogP contribution in [0.3, 0.4) is 0 Å². The molecule has 1 saturated heterocycles. The first-order valence-corrected chi connectivity index (χ1v) is 16.5. The SMILES string of the molecule is CSc1cnc(N(c2ccccc2)c2ccc(C(=O)Nc3cc(CN4CCCCC4)ccc3C)cc2)nc1-c1ccc(F)cc1. The summed E-state index contributed by atoms with van der Waals surface area (Å²) in [6.45, 7) is 5.17. The lowest BCUT2D eigenvalue weighted by atomic mass is 10.1. The Morgan fingerprint density at radius 3 is 2.33 bits per heavy atom.